The number of nitrogens with one attached hydrogen (secondary N) is 1. The van der Waals surface area contributed by atoms with Crippen molar-refractivity contribution in [1.82, 2.24) is 9.97 Å². The molecule has 0 saturated carbocycles. The van der Waals surface area contributed by atoms with Crippen LogP contribution >= 0.6 is 11.8 Å². The van der Waals surface area contributed by atoms with Crippen molar-refractivity contribution in [2.75, 3.05) is 19.5 Å². The van der Waals surface area contributed by atoms with Crippen molar-refractivity contribution in [3.05, 3.63) is 78.4 Å². The summed E-state index contributed by atoms with van der Waals surface area (Å²) in [6.45, 7) is -0.290. The molecule has 7 heteroatoms. The minimum absolute atomic E-state index is 0.0528. The number of carbonyl (C=O) groups is 2. The SMILES string of the molecule is COc1ccc2nc(SCC(=O)OCC(=O)c3ccc(-c4ccccc4)cc3)[nH]c2c1. The first-order chi connectivity index (χ1) is 15.1. The summed E-state index contributed by atoms with van der Waals surface area (Å²) in [6.07, 6.45) is 0. The number of carbonyl (C=O) groups excluding carboxylic acids is 2. The minimum Gasteiger partial charge on any atom is -0.497 e. The molecule has 0 radical (unpaired) electrons. The van der Waals surface area contributed by atoms with Gasteiger partial charge in [-0.05, 0) is 23.3 Å². The molecular weight excluding hydrogens is 412 g/mol. The molecule has 156 valence electrons. The summed E-state index contributed by atoms with van der Waals surface area (Å²) in [5.74, 6) is 0.0606. The molecule has 6 nitrogen and oxygen atoms in total. The normalized spacial score (nSPS) is 10.7. The standard InChI is InChI=1S/C24H20N2O4S/c1-29-19-11-12-20-21(13-19)26-24(25-20)31-15-23(28)30-14-22(27)18-9-7-17(8-10-18)16-5-3-2-4-6-16/h2-13H,14-15H2,1H3,(H,25,26). The van der Waals surface area contributed by atoms with Gasteiger partial charge in [-0.2, -0.15) is 0 Å². The first-order valence-corrected chi connectivity index (χ1v) is 10.6. The molecule has 0 unspecified atom stereocenters. The van der Waals surface area contributed by atoms with Gasteiger partial charge in [0.1, 0.15) is 5.75 Å². The lowest BCUT2D eigenvalue weighted by Gasteiger charge is -2.05. The van der Waals surface area contributed by atoms with E-state index in [0.29, 0.717) is 10.7 Å². The van der Waals surface area contributed by atoms with Crippen LogP contribution in [0, 0.1) is 0 Å². The monoisotopic (exact) mass is 432 g/mol. The second-order valence-corrected chi connectivity index (χ2v) is 7.70. The largest absolute Gasteiger partial charge is 0.497 e. The van der Waals surface area contributed by atoms with Gasteiger partial charge >= 0.3 is 5.97 Å². The Morgan fingerprint density at radius 3 is 2.45 bits per heavy atom. The van der Waals surface area contributed by atoms with Gasteiger partial charge in [-0.25, -0.2) is 4.98 Å². The molecule has 4 aromatic rings. The molecule has 0 bridgehead atoms. The van der Waals surface area contributed by atoms with E-state index < -0.39 is 5.97 Å². The maximum Gasteiger partial charge on any atom is 0.316 e. The molecule has 0 fully saturated rings. The van der Waals surface area contributed by atoms with Crippen LogP contribution in [0.4, 0.5) is 0 Å². The smallest absolute Gasteiger partial charge is 0.316 e. The Bertz CT molecular complexity index is 1200. The van der Waals surface area contributed by atoms with E-state index in [0.717, 1.165) is 27.9 Å². The molecule has 0 saturated heterocycles. The molecule has 1 N–H and O–H groups in total. The van der Waals surface area contributed by atoms with Gasteiger partial charge in [-0.15, -0.1) is 0 Å². The number of ketones is 1. The lowest BCUT2D eigenvalue weighted by Crippen LogP contribution is -2.15. The van der Waals surface area contributed by atoms with Crippen molar-refractivity contribution < 1.29 is 19.1 Å². The Morgan fingerprint density at radius 2 is 1.71 bits per heavy atom. The van der Waals surface area contributed by atoms with Gasteiger partial charge in [0.2, 0.25) is 0 Å². The summed E-state index contributed by atoms with van der Waals surface area (Å²) in [5, 5.41) is 0.600. The highest BCUT2D eigenvalue weighted by Gasteiger charge is 2.12. The summed E-state index contributed by atoms with van der Waals surface area (Å²) in [5.41, 5.74) is 4.21. The molecule has 0 aliphatic carbocycles. The average molecular weight is 433 g/mol. The second kappa shape index (κ2) is 9.49. The Hall–Kier alpha value is -3.58. The zero-order valence-corrected chi connectivity index (χ0v) is 17.6. The van der Waals surface area contributed by atoms with E-state index in [9.17, 15) is 9.59 Å². The lowest BCUT2D eigenvalue weighted by molar-refractivity contribution is -0.139. The number of benzene rings is 3. The molecule has 0 aliphatic rings. The number of Topliss-reactive ketones (excluding diaryl/α,β-unsaturated/α-hetero) is 1. The molecule has 4 rings (SSSR count). The second-order valence-electron chi connectivity index (χ2n) is 6.74. The van der Waals surface area contributed by atoms with Crippen LogP contribution in [-0.2, 0) is 9.53 Å². The average Bonchev–Trinajstić information content (AvgIpc) is 3.24. The van der Waals surface area contributed by atoms with Crippen molar-refractivity contribution in [3.63, 3.8) is 0 Å². The third-order valence-corrected chi connectivity index (χ3v) is 5.52. The van der Waals surface area contributed by atoms with Gasteiger partial charge in [0.05, 0.1) is 23.9 Å². The maximum atomic E-state index is 12.3. The number of aromatic amines is 1. The zero-order chi connectivity index (χ0) is 21.6. The third kappa shape index (κ3) is 5.13. The van der Waals surface area contributed by atoms with Crippen molar-refractivity contribution in [2.45, 2.75) is 5.16 Å². The number of esters is 1. The van der Waals surface area contributed by atoms with Gasteiger partial charge in [0, 0.05) is 11.6 Å². The topological polar surface area (TPSA) is 81.3 Å². The fraction of sp³-hybridized carbons (Fsp3) is 0.125. The summed E-state index contributed by atoms with van der Waals surface area (Å²) in [7, 11) is 1.60. The number of fused-ring (bicyclic) bond motifs is 1. The quantitative estimate of drug-likeness (QED) is 0.246. The summed E-state index contributed by atoms with van der Waals surface area (Å²) < 4.78 is 10.3. The van der Waals surface area contributed by atoms with E-state index >= 15 is 0 Å². The lowest BCUT2D eigenvalue weighted by atomic mass is 10.0. The van der Waals surface area contributed by atoms with Crippen LogP contribution in [-0.4, -0.2) is 41.2 Å². The van der Waals surface area contributed by atoms with E-state index in [1.54, 1.807) is 19.2 Å². The Labute approximate surface area is 183 Å². The van der Waals surface area contributed by atoms with Gasteiger partial charge < -0.3 is 14.5 Å². The highest BCUT2D eigenvalue weighted by Crippen LogP contribution is 2.23. The van der Waals surface area contributed by atoms with Crippen LogP contribution in [0.3, 0.4) is 0 Å². The number of aromatic nitrogens is 2. The van der Waals surface area contributed by atoms with Crippen molar-refractivity contribution in [1.29, 1.82) is 0 Å². The van der Waals surface area contributed by atoms with Crippen molar-refractivity contribution in [2.24, 2.45) is 0 Å². The number of nitrogens with zero attached hydrogens (tertiary/aromatic N) is 1. The number of thioether (sulfide) groups is 1. The number of methoxy groups -OCH3 is 1. The number of rotatable bonds is 8. The van der Waals surface area contributed by atoms with Crippen LogP contribution in [0.15, 0.2) is 78.0 Å². The highest BCUT2D eigenvalue weighted by atomic mass is 32.2. The van der Waals surface area contributed by atoms with Crippen LogP contribution in [0.1, 0.15) is 10.4 Å². The molecule has 0 aliphatic heterocycles. The van der Waals surface area contributed by atoms with E-state index in [2.05, 4.69) is 9.97 Å². The zero-order valence-electron chi connectivity index (χ0n) is 16.8. The predicted octanol–water partition coefficient (Wildman–Crippen LogP) is 4.76. The molecule has 3 aromatic carbocycles. The number of ether oxygens (including phenoxy) is 2. The third-order valence-electron chi connectivity index (χ3n) is 4.67. The molecule has 0 spiro atoms. The number of hydrogen-bond donors (Lipinski definition) is 1. The minimum atomic E-state index is -0.475. The number of H-pyrrole nitrogens is 1. The fourth-order valence-electron chi connectivity index (χ4n) is 3.04. The van der Waals surface area contributed by atoms with Crippen LogP contribution in [0.5, 0.6) is 5.75 Å². The molecule has 1 aromatic heterocycles. The molecule has 31 heavy (non-hydrogen) atoms. The summed E-state index contributed by atoms with van der Waals surface area (Å²) in [4.78, 5) is 31.9. The maximum absolute atomic E-state index is 12.3. The van der Waals surface area contributed by atoms with Gasteiger partial charge in [0.15, 0.2) is 17.5 Å². The van der Waals surface area contributed by atoms with Crippen LogP contribution in [0.2, 0.25) is 0 Å². The molecule has 1 heterocycles. The van der Waals surface area contributed by atoms with Gasteiger partial charge in [-0.3, -0.25) is 9.59 Å². The predicted molar refractivity (Wildman–Crippen MR) is 121 cm³/mol. The fourth-order valence-corrected chi connectivity index (χ4v) is 3.72. The van der Waals surface area contributed by atoms with Crippen LogP contribution in [0.25, 0.3) is 22.2 Å². The van der Waals surface area contributed by atoms with E-state index in [4.69, 9.17) is 9.47 Å². The van der Waals surface area contributed by atoms with Crippen molar-refractivity contribution in [3.8, 4) is 16.9 Å². The van der Waals surface area contributed by atoms with E-state index in [-0.39, 0.29) is 18.1 Å². The first-order valence-electron chi connectivity index (χ1n) is 9.63. The van der Waals surface area contributed by atoms with E-state index in [1.165, 1.54) is 11.8 Å². The Kier molecular flexibility index (Phi) is 6.33. The molecule has 0 amide bonds. The summed E-state index contributed by atoms with van der Waals surface area (Å²) >= 11 is 1.22. The van der Waals surface area contributed by atoms with Crippen molar-refractivity contribution >= 4 is 34.5 Å². The number of hydrogen-bond acceptors (Lipinski definition) is 6. The Morgan fingerprint density at radius 1 is 0.968 bits per heavy atom. The van der Waals surface area contributed by atoms with E-state index in [1.807, 2.05) is 60.7 Å². The first kappa shape index (κ1) is 20.7. The Balaban J connectivity index is 1.28. The molecular formula is C24H20N2O4S. The van der Waals surface area contributed by atoms with Crippen LogP contribution < -0.4 is 4.74 Å². The summed E-state index contributed by atoms with van der Waals surface area (Å²) in [6, 6.07) is 22.7. The number of imidazole rings is 1. The highest BCUT2D eigenvalue weighted by molar-refractivity contribution is 7.99. The molecule has 0 atom stereocenters. The van der Waals surface area contributed by atoms with Gasteiger partial charge in [-0.1, -0.05) is 66.4 Å². The van der Waals surface area contributed by atoms with Gasteiger partial charge in [0.25, 0.3) is 0 Å².